The Morgan fingerprint density at radius 2 is 1.67 bits per heavy atom. The number of aromatic nitrogens is 1. The number of carbonyl (C=O) groups excluding carboxylic acids is 1. The minimum atomic E-state index is -4.60. The molecule has 1 aromatic heterocycles. The molecule has 0 aliphatic heterocycles. The highest BCUT2D eigenvalue weighted by Gasteiger charge is 2.32. The zero-order valence-corrected chi connectivity index (χ0v) is 11.6. The molecule has 2 rings (SSSR count). The van der Waals surface area contributed by atoms with Crippen LogP contribution >= 0.6 is 23.2 Å². The van der Waals surface area contributed by atoms with Crippen molar-refractivity contribution in [3.8, 4) is 5.69 Å². The van der Waals surface area contributed by atoms with E-state index in [0.29, 0.717) is 18.4 Å². The molecule has 0 saturated heterocycles. The van der Waals surface area contributed by atoms with Crippen LogP contribution in [-0.4, -0.2) is 10.9 Å². The van der Waals surface area contributed by atoms with Crippen molar-refractivity contribution in [2.45, 2.75) is 6.18 Å². The molecule has 0 fully saturated rings. The molecule has 0 amide bonds. The number of carbonyl (C=O) groups is 1. The molecule has 0 atom stereocenters. The van der Waals surface area contributed by atoms with Crippen LogP contribution in [0.2, 0.25) is 10.0 Å². The van der Waals surface area contributed by atoms with E-state index in [1.54, 1.807) is 0 Å². The molecule has 0 saturated carbocycles. The number of benzene rings is 1. The molecule has 1 heterocycles. The number of rotatable bonds is 2. The maximum absolute atomic E-state index is 12.6. The fourth-order valence-corrected chi connectivity index (χ4v) is 2.38. The van der Waals surface area contributed by atoms with Gasteiger partial charge in [0.25, 0.3) is 5.56 Å². The van der Waals surface area contributed by atoms with Gasteiger partial charge in [-0.15, -0.1) is 0 Å². The summed E-state index contributed by atoms with van der Waals surface area (Å²) in [7, 11) is 0. The first kappa shape index (κ1) is 15.6. The lowest BCUT2D eigenvalue weighted by Gasteiger charge is -2.13. The number of nitrogens with zero attached hydrogens (tertiary/aromatic N) is 1. The molecule has 0 N–H and O–H groups in total. The average Bonchev–Trinajstić information content (AvgIpc) is 2.38. The lowest BCUT2D eigenvalue weighted by molar-refractivity contribution is -0.137. The molecule has 8 heteroatoms. The first-order valence-electron chi connectivity index (χ1n) is 5.48. The highest BCUT2D eigenvalue weighted by Crippen LogP contribution is 2.37. The highest BCUT2D eigenvalue weighted by molar-refractivity contribution is 6.37. The van der Waals surface area contributed by atoms with Gasteiger partial charge in [0.05, 0.1) is 21.3 Å². The van der Waals surface area contributed by atoms with Crippen LogP contribution in [0.1, 0.15) is 15.9 Å². The number of halogens is 5. The van der Waals surface area contributed by atoms with E-state index in [4.69, 9.17) is 23.2 Å². The summed E-state index contributed by atoms with van der Waals surface area (Å²) in [4.78, 5) is 22.4. The smallest absolute Gasteiger partial charge is 0.298 e. The predicted molar refractivity (Wildman–Crippen MR) is 72.4 cm³/mol. The molecule has 0 spiro atoms. The van der Waals surface area contributed by atoms with Crippen molar-refractivity contribution in [1.29, 1.82) is 0 Å². The number of hydrogen-bond acceptors (Lipinski definition) is 2. The minimum absolute atomic E-state index is 0.0752. The highest BCUT2D eigenvalue weighted by atomic mass is 35.5. The number of pyridine rings is 1. The quantitative estimate of drug-likeness (QED) is 0.779. The summed E-state index contributed by atoms with van der Waals surface area (Å²) < 4.78 is 38.9. The molecule has 0 aliphatic carbocycles. The number of aldehydes is 1. The second kappa shape index (κ2) is 5.54. The molecule has 110 valence electrons. The van der Waals surface area contributed by atoms with Crippen LogP contribution in [0.3, 0.4) is 0 Å². The predicted octanol–water partition coefficient (Wildman–Crippen LogP) is 3.98. The Morgan fingerprint density at radius 1 is 1.10 bits per heavy atom. The molecule has 0 unspecified atom stereocenters. The van der Waals surface area contributed by atoms with Crippen molar-refractivity contribution in [1.82, 2.24) is 4.57 Å². The normalized spacial score (nSPS) is 11.5. The van der Waals surface area contributed by atoms with Crippen molar-refractivity contribution in [3.05, 3.63) is 62.0 Å². The monoisotopic (exact) mass is 335 g/mol. The third-order valence-corrected chi connectivity index (χ3v) is 3.24. The van der Waals surface area contributed by atoms with Gasteiger partial charge in [-0.1, -0.05) is 23.2 Å². The molecule has 2 aromatic rings. The molecule has 3 nitrogen and oxygen atoms in total. The molecule has 1 aromatic carbocycles. The minimum Gasteiger partial charge on any atom is -0.298 e. The van der Waals surface area contributed by atoms with Crippen molar-refractivity contribution >= 4 is 29.5 Å². The Balaban J connectivity index is 2.66. The average molecular weight is 336 g/mol. The van der Waals surface area contributed by atoms with Crippen molar-refractivity contribution in [3.63, 3.8) is 0 Å². The zero-order valence-electron chi connectivity index (χ0n) is 10.1. The van der Waals surface area contributed by atoms with Crippen LogP contribution in [0.5, 0.6) is 0 Å². The summed E-state index contributed by atoms with van der Waals surface area (Å²) in [6.07, 6.45) is -2.91. The second-order valence-electron chi connectivity index (χ2n) is 4.07. The maximum Gasteiger partial charge on any atom is 0.416 e. The number of alkyl halides is 3. The van der Waals surface area contributed by atoms with E-state index in [1.165, 1.54) is 12.3 Å². The maximum atomic E-state index is 12.6. The molecule has 0 bridgehead atoms. The van der Waals surface area contributed by atoms with E-state index >= 15 is 0 Å². The second-order valence-corrected chi connectivity index (χ2v) is 4.89. The third-order valence-electron chi connectivity index (χ3n) is 2.66. The first-order chi connectivity index (χ1) is 9.74. The topological polar surface area (TPSA) is 39.1 Å². The summed E-state index contributed by atoms with van der Waals surface area (Å²) in [6.45, 7) is 0. The van der Waals surface area contributed by atoms with E-state index < -0.39 is 17.3 Å². The van der Waals surface area contributed by atoms with Crippen LogP contribution in [-0.2, 0) is 6.18 Å². The van der Waals surface area contributed by atoms with Gasteiger partial charge in [0, 0.05) is 17.8 Å². The van der Waals surface area contributed by atoms with Gasteiger partial charge in [-0.3, -0.25) is 14.2 Å². The van der Waals surface area contributed by atoms with Crippen LogP contribution in [0, 0.1) is 0 Å². The first-order valence-corrected chi connectivity index (χ1v) is 6.24. The summed E-state index contributed by atoms with van der Waals surface area (Å²) in [5.74, 6) is 0. The fourth-order valence-electron chi connectivity index (χ4n) is 1.71. The van der Waals surface area contributed by atoms with E-state index in [1.807, 2.05) is 0 Å². The SMILES string of the molecule is O=Cc1ccn(-c2c(Cl)cc(C(F)(F)F)cc2Cl)c(=O)c1. The van der Waals surface area contributed by atoms with Gasteiger partial charge in [0.15, 0.2) is 0 Å². The Morgan fingerprint density at radius 3 is 2.10 bits per heavy atom. The van der Waals surface area contributed by atoms with Crippen molar-refractivity contribution in [2.75, 3.05) is 0 Å². The standard InChI is InChI=1S/C13H6Cl2F3NO2/c14-9-4-8(13(16,17)18)5-10(15)12(9)19-2-1-7(6-20)3-11(19)21/h1-6H. The van der Waals surface area contributed by atoms with Gasteiger partial charge in [-0.25, -0.2) is 0 Å². The molecule has 0 aliphatic rings. The summed E-state index contributed by atoms with van der Waals surface area (Å²) in [5.41, 5.74) is -1.59. The van der Waals surface area contributed by atoms with Gasteiger partial charge >= 0.3 is 6.18 Å². The summed E-state index contributed by atoms with van der Waals surface area (Å²) in [6, 6.07) is 3.71. The van der Waals surface area contributed by atoms with Gasteiger partial charge in [-0.2, -0.15) is 13.2 Å². The van der Waals surface area contributed by atoms with Gasteiger partial charge in [0.2, 0.25) is 0 Å². The van der Waals surface area contributed by atoms with Gasteiger partial charge < -0.3 is 0 Å². The Kier molecular flexibility index (Phi) is 4.11. The Hall–Kier alpha value is -1.79. The largest absolute Gasteiger partial charge is 0.416 e. The molecular weight excluding hydrogens is 330 g/mol. The molecule has 21 heavy (non-hydrogen) atoms. The molecular formula is C13H6Cl2F3NO2. The van der Waals surface area contributed by atoms with E-state index in [0.717, 1.165) is 10.6 Å². The van der Waals surface area contributed by atoms with Crippen LogP contribution in [0.15, 0.2) is 35.3 Å². The van der Waals surface area contributed by atoms with Gasteiger partial charge in [-0.05, 0) is 18.2 Å². The molecule has 0 radical (unpaired) electrons. The van der Waals surface area contributed by atoms with Crippen LogP contribution < -0.4 is 5.56 Å². The van der Waals surface area contributed by atoms with E-state index in [9.17, 15) is 22.8 Å². The van der Waals surface area contributed by atoms with E-state index in [-0.39, 0.29) is 21.3 Å². The van der Waals surface area contributed by atoms with Crippen molar-refractivity contribution < 1.29 is 18.0 Å². The lowest BCUT2D eigenvalue weighted by Crippen LogP contribution is -2.18. The fraction of sp³-hybridized carbons (Fsp3) is 0.0769. The Labute approximate surface area is 126 Å². The number of hydrogen-bond donors (Lipinski definition) is 0. The zero-order chi connectivity index (χ0) is 15.8. The summed E-state index contributed by atoms with van der Waals surface area (Å²) in [5, 5.41) is -0.647. The van der Waals surface area contributed by atoms with Gasteiger partial charge in [0.1, 0.15) is 6.29 Å². The van der Waals surface area contributed by atoms with Crippen molar-refractivity contribution in [2.24, 2.45) is 0 Å². The van der Waals surface area contributed by atoms with E-state index in [2.05, 4.69) is 0 Å². The van der Waals surface area contributed by atoms with Crippen LogP contribution in [0.25, 0.3) is 5.69 Å². The van der Waals surface area contributed by atoms with Crippen LogP contribution in [0.4, 0.5) is 13.2 Å². The Bertz CT molecular complexity index is 746. The summed E-state index contributed by atoms with van der Waals surface area (Å²) >= 11 is 11.6. The lowest BCUT2D eigenvalue weighted by atomic mass is 10.2. The third kappa shape index (κ3) is 3.11.